The molecule has 1 aliphatic heterocycles. The Kier molecular flexibility index (Phi) is 5.40. The van der Waals surface area contributed by atoms with E-state index in [2.05, 4.69) is 48.5 Å². The molecule has 2 aliphatic carbocycles. The summed E-state index contributed by atoms with van der Waals surface area (Å²) in [6.07, 6.45) is 2.41. The van der Waals surface area contributed by atoms with Gasteiger partial charge in [0.05, 0.1) is 0 Å². The lowest BCUT2D eigenvalue weighted by Crippen LogP contribution is -2.44. The quantitative estimate of drug-likeness (QED) is 0.461. The van der Waals surface area contributed by atoms with Crippen LogP contribution in [0.15, 0.2) is 75.5 Å². The fourth-order valence-corrected chi connectivity index (χ4v) is 6.13. The fraction of sp³-hybridized carbons (Fsp3) is 0.379. The topological polar surface area (TPSA) is 57.6 Å². The third-order valence-corrected chi connectivity index (χ3v) is 7.75. The maximum atomic E-state index is 13.8. The van der Waals surface area contributed by atoms with E-state index in [0.717, 1.165) is 51.1 Å². The second-order valence-electron chi connectivity index (χ2n) is 11.4. The van der Waals surface area contributed by atoms with Crippen LogP contribution in [0.3, 0.4) is 0 Å². The molecule has 0 atom stereocenters. The molecule has 5 heteroatoms. The van der Waals surface area contributed by atoms with Crippen LogP contribution in [0.2, 0.25) is 0 Å². The third-order valence-electron chi connectivity index (χ3n) is 7.22. The molecule has 3 aliphatic rings. The number of carbonyl (C=O) groups is 2. The number of phenols is 1. The van der Waals surface area contributed by atoms with Crippen LogP contribution >= 0.6 is 15.9 Å². The summed E-state index contributed by atoms with van der Waals surface area (Å²) in [7, 11) is 0. The first kappa shape index (κ1) is 23.1. The summed E-state index contributed by atoms with van der Waals surface area (Å²) < 4.78 is 0.966. The fourth-order valence-electron chi connectivity index (χ4n) is 5.87. The molecule has 2 aromatic carbocycles. The molecule has 4 nitrogen and oxygen atoms in total. The number of phenolic OH excluding ortho intramolecular Hbond substituents is 1. The maximum Gasteiger partial charge on any atom is 0.162 e. The zero-order valence-corrected chi connectivity index (χ0v) is 21.7. The second kappa shape index (κ2) is 7.94. The van der Waals surface area contributed by atoms with Crippen molar-refractivity contribution >= 4 is 33.2 Å². The molecule has 1 N–H and O–H groups in total. The van der Waals surface area contributed by atoms with Crippen LogP contribution in [0.25, 0.3) is 0 Å². The van der Waals surface area contributed by atoms with Gasteiger partial charge in [-0.15, -0.1) is 0 Å². The smallest absolute Gasteiger partial charge is 0.162 e. The molecule has 0 saturated heterocycles. The number of hydrogen-bond acceptors (Lipinski definition) is 4. The molecular formula is C29H30BrNO3. The van der Waals surface area contributed by atoms with Crippen molar-refractivity contribution in [3.63, 3.8) is 0 Å². The second-order valence-corrected chi connectivity index (χ2v) is 12.4. The average Bonchev–Trinajstić information content (AvgIpc) is 2.72. The first-order valence-corrected chi connectivity index (χ1v) is 12.6. The van der Waals surface area contributed by atoms with Gasteiger partial charge in [-0.1, -0.05) is 55.8 Å². The zero-order chi connectivity index (χ0) is 24.4. The molecule has 2 aromatic rings. The Morgan fingerprint density at radius 3 is 1.71 bits per heavy atom. The molecule has 0 saturated carbocycles. The van der Waals surface area contributed by atoms with Gasteiger partial charge in [0.25, 0.3) is 0 Å². The van der Waals surface area contributed by atoms with Gasteiger partial charge in [0.1, 0.15) is 5.75 Å². The van der Waals surface area contributed by atoms with E-state index in [-0.39, 0.29) is 34.1 Å². The number of benzene rings is 2. The lowest BCUT2D eigenvalue weighted by atomic mass is 9.63. The van der Waals surface area contributed by atoms with Gasteiger partial charge in [-0.25, -0.2) is 0 Å². The lowest BCUT2D eigenvalue weighted by Gasteiger charge is -2.49. The van der Waals surface area contributed by atoms with Crippen molar-refractivity contribution in [2.75, 3.05) is 4.90 Å². The third kappa shape index (κ3) is 3.94. The van der Waals surface area contributed by atoms with E-state index >= 15 is 0 Å². The number of hydrogen-bond donors (Lipinski definition) is 1. The van der Waals surface area contributed by atoms with Gasteiger partial charge in [0.15, 0.2) is 11.6 Å². The van der Waals surface area contributed by atoms with E-state index in [1.807, 2.05) is 36.4 Å². The van der Waals surface area contributed by atoms with Crippen molar-refractivity contribution < 1.29 is 14.7 Å². The van der Waals surface area contributed by atoms with Crippen LogP contribution in [-0.2, 0) is 9.59 Å². The minimum Gasteiger partial charge on any atom is -0.508 e. The highest BCUT2D eigenvalue weighted by Crippen LogP contribution is 2.55. The van der Waals surface area contributed by atoms with Crippen molar-refractivity contribution in [1.82, 2.24) is 0 Å². The Morgan fingerprint density at radius 1 is 0.765 bits per heavy atom. The molecule has 0 spiro atoms. The molecule has 0 unspecified atom stereocenters. The molecule has 5 rings (SSSR count). The molecule has 0 aromatic heterocycles. The molecular weight excluding hydrogens is 490 g/mol. The number of aromatic hydroxyl groups is 1. The predicted octanol–water partition coefficient (Wildman–Crippen LogP) is 7.04. The molecule has 1 heterocycles. The van der Waals surface area contributed by atoms with Crippen molar-refractivity contribution in [3.05, 3.63) is 81.1 Å². The number of ketones is 2. The predicted molar refractivity (Wildman–Crippen MR) is 138 cm³/mol. The number of nitrogens with zero attached hydrogens (tertiary/aromatic N) is 1. The standard InChI is InChI=1S/C29H30BrNO3/c1-28(2)13-21-26(23(33)15-28)25(17-5-7-18(30)8-6-17)27-22(14-29(3,4)16-24(27)34)31(21)19-9-11-20(32)12-10-19/h5-12,25,32H,13-16H2,1-4H3. The van der Waals surface area contributed by atoms with E-state index in [4.69, 9.17) is 0 Å². The van der Waals surface area contributed by atoms with Gasteiger partial charge in [-0.3, -0.25) is 9.59 Å². The number of carbonyl (C=O) groups excluding carboxylic acids is 2. The van der Waals surface area contributed by atoms with Crippen LogP contribution in [0.4, 0.5) is 5.69 Å². The summed E-state index contributed by atoms with van der Waals surface area (Å²) >= 11 is 3.52. The van der Waals surface area contributed by atoms with Gasteiger partial charge in [-0.2, -0.15) is 0 Å². The maximum absolute atomic E-state index is 13.8. The summed E-state index contributed by atoms with van der Waals surface area (Å²) in [5, 5.41) is 9.93. The van der Waals surface area contributed by atoms with Crippen molar-refractivity contribution in [2.45, 2.75) is 59.3 Å². The van der Waals surface area contributed by atoms with E-state index < -0.39 is 0 Å². The van der Waals surface area contributed by atoms with Crippen molar-refractivity contribution in [2.24, 2.45) is 10.8 Å². The zero-order valence-electron chi connectivity index (χ0n) is 20.1. The molecule has 0 amide bonds. The number of halogens is 1. The van der Waals surface area contributed by atoms with Crippen LogP contribution < -0.4 is 4.90 Å². The Labute approximate surface area is 209 Å². The molecule has 176 valence electrons. The van der Waals surface area contributed by atoms with Crippen LogP contribution in [0.5, 0.6) is 5.75 Å². The average molecular weight is 520 g/mol. The highest BCUT2D eigenvalue weighted by molar-refractivity contribution is 9.10. The molecule has 0 fully saturated rings. The minimum atomic E-state index is -0.348. The van der Waals surface area contributed by atoms with E-state index in [9.17, 15) is 14.7 Å². The number of rotatable bonds is 2. The van der Waals surface area contributed by atoms with Gasteiger partial charge in [0, 0.05) is 51.5 Å². The summed E-state index contributed by atoms with van der Waals surface area (Å²) in [5.74, 6) is 0.0786. The van der Waals surface area contributed by atoms with Gasteiger partial charge in [-0.05, 0) is 65.6 Å². The van der Waals surface area contributed by atoms with Gasteiger partial charge < -0.3 is 10.0 Å². The van der Waals surface area contributed by atoms with E-state index in [1.165, 1.54) is 0 Å². The summed E-state index contributed by atoms with van der Waals surface area (Å²) in [6, 6.07) is 15.1. The Morgan fingerprint density at radius 2 is 1.24 bits per heavy atom. The summed E-state index contributed by atoms with van der Waals surface area (Å²) in [5.41, 5.74) is 4.98. The lowest BCUT2D eigenvalue weighted by molar-refractivity contribution is -0.119. The highest BCUT2D eigenvalue weighted by atomic mass is 79.9. The van der Waals surface area contributed by atoms with Crippen molar-refractivity contribution in [1.29, 1.82) is 0 Å². The monoisotopic (exact) mass is 519 g/mol. The van der Waals surface area contributed by atoms with Crippen LogP contribution in [0.1, 0.15) is 64.9 Å². The van der Waals surface area contributed by atoms with Crippen LogP contribution in [0, 0.1) is 10.8 Å². The Balaban J connectivity index is 1.82. The summed E-state index contributed by atoms with van der Waals surface area (Å²) in [4.78, 5) is 29.7. The molecule has 0 radical (unpaired) electrons. The number of allylic oxidation sites excluding steroid dienone is 4. The number of Topliss-reactive ketones (excluding diaryl/α,β-unsaturated/α-hetero) is 2. The minimum absolute atomic E-state index is 0.118. The first-order valence-electron chi connectivity index (χ1n) is 11.8. The normalized spacial score (nSPS) is 22.1. The first-order chi connectivity index (χ1) is 16.0. The van der Waals surface area contributed by atoms with Crippen LogP contribution in [-0.4, -0.2) is 16.7 Å². The largest absolute Gasteiger partial charge is 0.508 e. The van der Waals surface area contributed by atoms with Gasteiger partial charge in [0.2, 0.25) is 0 Å². The number of anilines is 1. The Hall–Kier alpha value is -2.66. The van der Waals surface area contributed by atoms with E-state index in [0.29, 0.717) is 12.8 Å². The van der Waals surface area contributed by atoms with Gasteiger partial charge >= 0.3 is 0 Å². The highest BCUT2D eigenvalue weighted by Gasteiger charge is 2.49. The van der Waals surface area contributed by atoms with E-state index in [1.54, 1.807) is 12.1 Å². The SMILES string of the molecule is CC1(C)CC(=O)C2=C(C1)N(c1ccc(O)cc1)C1=C(C(=O)CC(C)(C)C1)C2c1ccc(Br)cc1. The molecule has 34 heavy (non-hydrogen) atoms. The molecule has 0 bridgehead atoms. The van der Waals surface area contributed by atoms with Crippen molar-refractivity contribution in [3.8, 4) is 5.75 Å². The Bertz CT molecular complexity index is 1200. The summed E-state index contributed by atoms with van der Waals surface area (Å²) in [6.45, 7) is 8.55.